The molecule has 1 N–H and O–H groups in total. The van der Waals surface area contributed by atoms with Gasteiger partial charge in [-0.05, 0) is 44.7 Å². The summed E-state index contributed by atoms with van der Waals surface area (Å²) < 4.78 is 0. The molecule has 1 aromatic carbocycles. The molecule has 1 unspecified atom stereocenters. The highest BCUT2D eigenvalue weighted by molar-refractivity contribution is 6.30. The molecule has 0 spiro atoms. The lowest BCUT2D eigenvalue weighted by Gasteiger charge is -2.25. The van der Waals surface area contributed by atoms with Crippen molar-refractivity contribution in [1.29, 1.82) is 0 Å². The lowest BCUT2D eigenvalue weighted by Crippen LogP contribution is -2.42. The summed E-state index contributed by atoms with van der Waals surface area (Å²) in [4.78, 5) is 2.40. The lowest BCUT2D eigenvalue weighted by atomic mass is 10.0. The van der Waals surface area contributed by atoms with E-state index >= 15 is 0 Å². The predicted octanol–water partition coefficient (Wildman–Crippen LogP) is 2.53. The van der Waals surface area contributed by atoms with E-state index in [2.05, 4.69) is 29.3 Å². The zero-order valence-electron chi connectivity index (χ0n) is 9.26. The molecule has 15 heavy (non-hydrogen) atoms. The van der Waals surface area contributed by atoms with Crippen LogP contribution in [0.2, 0.25) is 5.02 Å². The molecule has 1 aliphatic heterocycles. The minimum absolute atomic E-state index is 0.250. The third-order valence-corrected chi connectivity index (χ3v) is 3.52. The number of hydrogen-bond donors (Lipinski definition) is 1. The van der Waals surface area contributed by atoms with Gasteiger partial charge in [-0.2, -0.15) is 0 Å². The molecule has 1 aromatic rings. The first-order valence-corrected chi connectivity index (χ1v) is 5.70. The maximum absolute atomic E-state index is 5.87. The van der Waals surface area contributed by atoms with Crippen molar-refractivity contribution >= 4 is 17.3 Å². The summed E-state index contributed by atoms with van der Waals surface area (Å²) in [6.45, 7) is 4.44. The molecule has 0 aliphatic carbocycles. The van der Waals surface area contributed by atoms with Crippen LogP contribution in [-0.2, 0) is 0 Å². The Balaban J connectivity index is 2.11. The van der Waals surface area contributed by atoms with Gasteiger partial charge in [-0.1, -0.05) is 11.6 Å². The van der Waals surface area contributed by atoms with Gasteiger partial charge in [0.05, 0.1) is 0 Å². The molecular weight excluding hydrogens is 208 g/mol. The van der Waals surface area contributed by atoms with E-state index in [-0.39, 0.29) is 5.54 Å². The number of halogens is 1. The average molecular weight is 225 g/mol. The zero-order valence-corrected chi connectivity index (χ0v) is 10.0. The monoisotopic (exact) mass is 224 g/mol. The quantitative estimate of drug-likeness (QED) is 0.831. The first kappa shape index (κ1) is 10.8. The number of nitrogens with zero attached hydrogens (tertiary/aromatic N) is 1. The summed E-state index contributed by atoms with van der Waals surface area (Å²) in [5.74, 6) is 0. The molecule has 0 bridgehead atoms. The maximum Gasteiger partial charge on any atom is 0.0407 e. The van der Waals surface area contributed by atoms with Crippen LogP contribution >= 0.6 is 11.6 Å². The number of benzene rings is 1. The van der Waals surface area contributed by atoms with Crippen molar-refractivity contribution in [3.63, 3.8) is 0 Å². The summed E-state index contributed by atoms with van der Waals surface area (Å²) in [5.41, 5.74) is 1.51. The number of likely N-dealkylation sites (N-methyl/N-ethyl adjacent to an activating group) is 1. The van der Waals surface area contributed by atoms with Crippen LogP contribution in [0.5, 0.6) is 0 Å². The van der Waals surface area contributed by atoms with E-state index in [0.717, 1.165) is 18.1 Å². The highest BCUT2D eigenvalue weighted by Crippen LogP contribution is 2.27. The van der Waals surface area contributed by atoms with Crippen molar-refractivity contribution in [3.05, 3.63) is 29.3 Å². The molecule has 1 heterocycles. The second-order valence-corrected chi connectivity index (χ2v) is 4.90. The molecule has 3 heteroatoms. The van der Waals surface area contributed by atoms with Crippen LogP contribution < -0.4 is 10.2 Å². The molecular formula is C12H17ClN2. The smallest absolute Gasteiger partial charge is 0.0407 e. The molecule has 1 aliphatic rings. The van der Waals surface area contributed by atoms with Gasteiger partial charge in [0.1, 0.15) is 0 Å². The molecule has 0 radical (unpaired) electrons. The maximum atomic E-state index is 5.87. The third kappa shape index (κ3) is 2.27. The van der Waals surface area contributed by atoms with Gasteiger partial charge in [-0.25, -0.2) is 0 Å². The topological polar surface area (TPSA) is 15.3 Å². The van der Waals surface area contributed by atoms with Gasteiger partial charge < -0.3 is 10.2 Å². The van der Waals surface area contributed by atoms with E-state index in [1.807, 2.05) is 19.2 Å². The van der Waals surface area contributed by atoms with Gasteiger partial charge in [0.25, 0.3) is 0 Å². The lowest BCUT2D eigenvalue weighted by molar-refractivity contribution is 0.428. The summed E-state index contributed by atoms with van der Waals surface area (Å²) in [6, 6.07) is 8.07. The van der Waals surface area contributed by atoms with Crippen molar-refractivity contribution in [2.24, 2.45) is 0 Å². The fraction of sp³-hybridized carbons (Fsp3) is 0.500. The highest BCUT2D eigenvalue weighted by atomic mass is 35.5. The van der Waals surface area contributed by atoms with Crippen LogP contribution in [0.4, 0.5) is 5.69 Å². The van der Waals surface area contributed by atoms with E-state index < -0.39 is 0 Å². The molecule has 0 amide bonds. The van der Waals surface area contributed by atoms with Crippen LogP contribution in [0.3, 0.4) is 0 Å². The Morgan fingerprint density at radius 2 is 2.00 bits per heavy atom. The Hall–Kier alpha value is -0.730. The zero-order chi connectivity index (χ0) is 10.9. The largest absolute Gasteiger partial charge is 0.370 e. The summed E-state index contributed by atoms with van der Waals surface area (Å²) in [5, 5.41) is 4.18. The Morgan fingerprint density at radius 3 is 2.53 bits per heavy atom. The molecule has 82 valence electrons. The SMILES string of the molecule is CNC1(C)CCN(c2ccc(Cl)cc2)C1. The van der Waals surface area contributed by atoms with Gasteiger partial charge in [0.2, 0.25) is 0 Å². The van der Waals surface area contributed by atoms with Crippen molar-refractivity contribution < 1.29 is 0 Å². The molecule has 1 saturated heterocycles. The van der Waals surface area contributed by atoms with Gasteiger partial charge in [-0.15, -0.1) is 0 Å². The van der Waals surface area contributed by atoms with E-state index in [1.54, 1.807) is 0 Å². The van der Waals surface area contributed by atoms with Crippen molar-refractivity contribution in [2.75, 3.05) is 25.0 Å². The number of rotatable bonds is 2. The Labute approximate surface area is 96.2 Å². The van der Waals surface area contributed by atoms with Gasteiger partial charge in [0.15, 0.2) is 0 Å². The first-order valence-electron chi connectivity index (χ1n) is 5.32. The van der Waals surface area contributed by atoms with E-state index in [4.69, 9.17) is 11.6 Å². The number of nitrogens with one attached hydrogen (secondary N) is 1. The van der Waals surface area contributed by atoms with Crippen molar-refractivity contribution in [2.45, 2.75) is 18.9 Å². The van der Waals surface area contributed by atoms with Crippen molar-refractivity contribution in [1.82, 2.24) is 5.32 Å². The minimum Gasteiger partial charge on any atom is -0.370 e. The molecule has 1 fully saturated rings. The van der Waals surface area contributed by atoms with Crippen molar-refractivity contribution in [3.8, 4) is 0 Å². The second kappa shape index (κ2) is 4.03. The molecule has 0 saturated carbocycles. The van der Waals surface area contributed by atoms with E-state index in [0.29, 0.717) is 0 Å². The first-order chi connectivity index (χ1) is 7.13. The number of anilines is 1. The normalized spacial score (nSPS) is 25.9. The van der Waals surface area contributed by atoms with Gasteiger partial charge in [-0.3, -0.25) is 0 Å². The van der Waals surface area contributed by atoms with Crippen LogP contribution in [0.15, 0.2) is 24.3 Å². The fourth-order valence-corrected chi connectivity index (χ4v) is 2.16. The van der Waals surface area contributed by atoms with E-state index in [1.165, 1.54) is 12.1 Å². The van der Waals surface area contributed by atoms with Gasteiger partial charge >= 0.3 is 0 Å². The van der Waals surface area contributed by atoms with Gasteiger partial charge in [0, 0.05) is 29.3 Å². The molecule has 2 rings (SSSR count). The fourth-order valence-electron chi connectivity index (χ4n) is 2.04. The van der Waals surface area contributed by atoms with Crippen LogP contribution in [0, 0.1) is 0 Å². The summed E-state index contributed by atoms with van der Waals surface area (Å²) >= 11 is 5.87. The molecule has 1 atom stereocenters. The Morgan fingerprint density at radius 1 is 1.33 bits per heavy atom. The van der Waals surface area contributed by atoms with Crippen LogP contribution in [0.25, 0.3) is 0 Å². The second-order valence-electron chi connectivity index (χ2n) is 4.46. The highest BCUT2D eigenvalue weighted by Gasteiger charge is 2.31. The average Bonchev–Trinajstić information content (AvgIpc) is 2.63. The van der Waals surface area contributed by atoms with Crippen LogP contribution in [-0.4, -0.2) is 25.7 Å². The third-order valence-electron chi connectivity index (χ3n) is 3.27. The minimum atomic E-state index is 0.250. The summed E-state index contributed by atoms with van der Waals surface area (Å²) in [6.07, 6.45) is 1.19. The summed E-state index contributed by atoms with van der Waals surface area (Å²) in [7, 11) is 2.03. The number of hydrogen-bond acceptors (Lipinski definition) is 2. The van der Waals surface area contributed by atoms with E-state index in [9.17, 15) is 0 Å². The predicted molar refractivity (Wildman–Crippen MR) is 65.7 cm³/mol. The van der Waals surface area contributed by atoms with Crippen LogP contribution in [0.1, 0.15) is 13.3 Å². The standard InChI is InChI=1S/C12H17ClN2/c1-12(14-2)7-8-15(9-12)11-5-3-10(13)4-6-11/h3-6,14H,7-9H2,1-2H3. The Bertz CT molecular complexity index is 336. The molecule has 0 aromatic heterocycles. The Kier molecular flexibility index (Phi) is 2.89. The molecule has 2 nitrogen and oxygen atoms in total.